The second kappa shape index (κ2) is 5.69. The maximum atomic E-state index is 5.27. The molecule has 0 radical (unpaired) electrons. The predicted octanol–water partition coefficient (Wildman–Crippen LogP) is 1.66. The number of nitrogens with two attached hydrogens (primary N) is 1. The smallest absolute Gasteiger partial charge is 0.0184 e. The molecule has 0 aliphatic carbocycles. The molecule has 0 aromatic rings. The fraction of sp³-hybridized carbons (Fsp3) is 1.00. The molecule has 0 amide bonds. The van der Waals surface area contributed by atoms with Gasteiger partial charge in [-0.25, -0.2) is 0 Å². The first-order chi connectivity index (χ1) is 4.70. The van der Waals surface area contributed by atoms with Crippen LogP contribution in [0.1, 0.15) is 40.0 Å². The first-order valence-corrected chi connectivity index (χ1v) is 4.16. The highest BCUT2D eigenvalue weighted by Gasteiger charge is 2.04. The van der Waals surface area contributed by atoms with Crippen molar-refractivity contribution in [1.29, 1.82) is 0 Å². The second-order valence-corrected chi connectivity index (χ2v) is 3.20. The third-order valence-corrected chi connectivity index (χ3v) is 1.82. The summed E-state index contributed by atoms with van der Waals surface area (Å²) in [7, 11) is 0. The average Bonchev–Trinajstić information content (AvgIpc) is 1.88. The van der Waals surface area contributed by atoms with Gasteiger partial charge in [0.15, 0.2) is 0 Å². The van der Waals surface area contributed by atoms with E-state index in [2.05, 4.69) is 26.2 Å². The molecule has 0 aromatic carbocycles. The lowest BCUT2D eigenvalue weighted by Gasteiger charge is -2.14. The summed E-state index contributed by atoms with van der Waals surface area (Å²) < 4.78 is 0. The van der Waals surface area contributed by atoms with Crippen LogP contribution in [0.4, 0.5) is 0 Å². The van der Waals surface area contributed by atoms with E-state index in [0.717, 1.165) is 5.92 Å². The number of hydrogen-bond acceptors (Lipinski definition) is 2. The van der Waals surface area contributed by atoms with Gasteiger partial charge in [0.2, 0.25) is 0 Å². The van der Waals surface area contributed by atoms with Gasteiger partial charge in [-0.05, 0) is 19.3 Å². The minimum atomic E-state index is 0.460. The summed E-state index contributed by atoms with van der Waals surface area (Å²) in [6, 6.07) is 0.460. The van der Waals surface area contributed by atoms with Gasteiger partial charge in [0, 0.05) is 6.04 Å². The molecule has 0 heterocycles. The van der Waals surface area contributed by atoms with Crippen molar-refractivity contribution in [2.24, 2.45) is 11.8 Å². The van der Waals surface area contributed by atoms with Crippen LogP contribution >= 0.6 is 0 Å². The molecule has 0 spiro atoms. The number of hydrogen-bond donors (Lipinski definition) is 2. The molecule has 0 aliphatic heterocycles. The Labute approximate surface area is 64.2 Å². The van der Waals surface area contributed by atoms with Gasteiger partial charge in [-0.15, -0.1) is 0 Å². The molecular formula is C8H20N2. The molecule has 0 bridgehead atoms. The van der Waals surface area contributed by atoms with Gasteiger partial charge < -0.3 is 0 Å². The third-order valence-electron chi connectivity index (χ3n) is 1.82. The van der Waals surface area contributed by atoms with Crippen LogP contribution < -0.4 is 11.3 Å². The molecule has 0 saturated heterocycles. The molecule has 0 saturated carbocycles. The van der Waals surface area contributed by atoms with Crippen LogP contribution in [0, 0.1) is 5.92 Å². The minimum Gasteiger partial charge on any atom is -0.271 e. The molecule has 62 valence electrons. The van der Waals surface area contributed by atoms with E-state index >= 15 is 0 Å². The molecule has 0 rings (SSSR count). The normalized spacial score (nSPS) is 16.8. The SMILES string of the molecule is CCCC(C)CC(C)NN. The first-order valence-electron chi connectivity index (χ1n) is 4.16. The summed E-state index contributed by atoms with van der Waals surface area (Å²) >= 11 is 0. The van der Waals surface area contributed by atoms with Crippen LogP contribution in [-0.4, -0.2) is 6.04 Å². The lowest BCUT2D eigenvalue weighted by molar-refractivity contribution is 0.405. The van der Waals surface area contributed by atoms with Crippen LogP contribution in [0.15, 0.2) is 0 Å². The molecule has 3 N–H and O–H groups in total. The Morgan fingerprint density at radius 1 is 1.40 bits per heavy atom. The fourth-order valence-electron chi connectivity index (χ4n) is 1.28. The van der Waals surface area contributed by atoms with E-state index in [0.29, 0.717) is 6.04 Å². The topological polar surface area (TPSA) is 38.0 Å². The van der Waals surface area contributed by atoms with Crippen molar-refractivity contribution in [2.75, 3.05) is 0 Å². The van der Waals surface area contributed by atoms with E-state index in [4.69, 9.17) is 5.84 Å². The van der Waals surface area contributed by atoms with Crippen molar-refractivity contribution >= 4 is 0 Å². The van der Waals surface area contributed by atoms with Gasteiger partial charge in [0.05, 0.1) is 0 Å². The maximum Gasteiger partial charge on any atom is 0.0184 e. The van der Waals surface area contributed by atoms with Gasteiger partial charge >= 0.3 is 0 Å². The predicted molar refractivity (Wildman–Crippen MR) is 45.5 cm³/mol. The zero-order chi connectivity index (χ0) is 7.98. The molecule has 0 aliphatic rings. The first kappa shape index (κ1) is 9.92. The van der Waals surface area contributed by atoms with Crippen molar-refractivity contribution in [2.45, 2.75) is 46.1 Å². The maximum absolute atomic E-state index is 5.27. The zero-order valence-electron chi connectivity index (χ0n) is 7.35. The average molecular weight is 144 g/mol. The molecule has 10 heavy (non-hydrogen) atoms. The summed E-state index contributed by atoms with van der Waals surface area (Å²) in [5.41, 5.74) is 2.75. The third kappa shape index (κ3) is 4.77. The standard InChI is InChI=1S/C8H20N2/c1-4-5-7(2)6-8(3)10-9/h7-8,10H,4-6,9H2,1-3H3. The number of hydrazine groups is 1. The Kier molecular flexibility index (Phi) is 5.64. The Morgan fingerprint density at radius 3 is 2.40 bits per heavy atom. The van der Waals surface area contributed by atoms with Gasteiger partial charge in [-0.3, -0.25) is 11.3 Å². The second-order valence-electron chi connectivity index (χ2n) is 3.20. The monoisotopic (exact) mass is 144 g/mol. The van der Waals surface area contributed by atoms with Crippen LogP contribution in [-0.2, 0) is 0 Å². The van der Waals surface area contributed by atoms with Crippen molar-refractivity contribution < 1.29 is 0 Å². The van der Waals surface area contributed by atoms with E-state index < -0.39 is 0 Å². The van der Waals surface area contributed by atoms with Gasteiger partial charge in [0.1, 0.15) is 0 Å². The van der Waals surface area contributed by atoms with Crippen LogP contribution in [0.3, 0.4) is 0 Å². The molecule has 2 atom stereocenters. The van der Waals surface area contributed by atoms with Crippen LogP contribution in [0.5, 0.6) is 0 Å². The van der Waals surface area contributed by atoms with Crippen molar-refractivity contribution in [1.82, 2.24) is 5.43 Å². The lowest BCUT2D eigenvalue weighted by Crippen LogP contribution is -2.33. The van der Waals surface area contributed by atoms with Crippen LogP contribution in [0.25, 0.3) is 0 Å². The molecule has 2 unspecified atom stereocenters. The number of rotatable bonds is 5. The number of nitrogens with one attached hydrogen (secondary N) is 1. The van der Waals surface area contributed by atoms with E-state index in [-0.39, 0.29) is 0 Å². The molecule has 2 nitrogen and oxygen atoms in total. The summed E-state index contributed by atoms with van der Waals surface area (Å²) in [5, 5.41) is 0. The Bertz CT molecular complexity index is 73.7. The Hall–Kier alpha value is -0.0800. The van der Waals surface area contributed by atoms with Crippen molar-refractivity contribution in [3.63, 3.8) is 0 Å². The molecular weight excluding hydrogens is 124 g/mol. The highest BCUT2D eigenvalue weighted by atomic mass is 15.2. The lowest BCUT2D eigenvalue weighted by atomic mass is 9.98. The van der Waals surface area contributed by atoms with E-state index in [1.54, 1.807) is 0 Å². The Balaban J connectivity index is 3.27. The highest BCUT2D eigenvalue weighted by molar-refractivity contribution is 4.61. The van der Waals surface area contributed by atoms with Crippen molar-refractivity contribution in [3.8, 4) is 0 Å². The van der Waals surface area contributed by atoms with Crippen LogP contribution in [0.2, 0.25) is 0 Å². The quantitative estimate of drug-likeness (QED) is 0.455. The summed E-state index contributed by atoms with van der Waals surface area (Å²) in [4.78, 5) is 0. The summed E-state index contributed by atoms with van der Waals surface area (Å²) in [5.74, 6) is 6.07. The van der Waals surface area contributed by atoms with Gasteiger partial charge in [-0.2, -0.15) is 0 Å². The van der Waals surface area contributed by atoms with E-state index in [1.165, 1.54) is 19.3 Å². The summed E-state index contributed by atoms with van der Waals surface area (Å²) in [6.45, 7) is 6.61. The Morgan fingerprint density at radius 2 is 2.00 bits per heavy atom. The van der Waals surface area contributed by atoms with E-state index in [1.807, 2.05) is 0 Å². The molecule has 0 fully saturated rings. The summed E-state index contributed by atoms with van der Waals surface area (Å²) in [6.07, 6.45) is 3.77. The molecule has 0 aromatic heterocycles. The van der Waals surface area contributed by atoms with Gasteiger partial charge in [-0.1, -0.05) is 26.7 Å². The zero-order valence-corrected chi connectivity index (χ0v) is 7.35. The largest absolute Gasteiger partial charge is 0.271 e. The van der Waals surface area contributed by atoms with Crippen molar-refractivity contribution in [3.05, 3.63) is 0 Å². The molecule has 2 heteroatoms. The van der Waals surface area contributed by atoms with Gasteiger partial charge in [0.25, 0.3) is 0 Å². The van der Waals surface area contributed by atoms with E-state index in [9.17, 15) is 0 Å². The highest BCUT2D eigenvalue weighted by Crippen LogP contribution is 2.11. The minimum absolute atomic E-state index is 0.460. The fourth-order valence-corrected chi connectivity index (χ4v) is 1.28.